The fraction of sp³-hybridized carbons (Fsp3) is 0.0833. The Bertz CT molecular complexity index is 543. The summed E-state index contributed by atoms with van der Waals surface area (Å²) in [7, 11) is 0. The normalized spacial score (nSPS) is 10.0. The lowest BCUT2D eigenvalue weighted by atomic mass is 10.2. The molecule has 2 heterocycles. The number of anilines is 1. The van der Waals surface area contributed by atoms with Crippen molar-refractivity contribution in [2.75, 3.05) is 5.32 Å². The van der Waals surface area contributed by atoms with Gasteiger partial charge in [-0.25, -0.2) is 4.98 Å². The molecule has 0 fully saturated rings. The van der Waals surface area contributed by atoms with Crippen molar-refractivity contribution in [2.45, 2.75) is 6.92 Å². The maximum Gasteiger partial charge on any atom is 0.255 e. The van der Waals surface area contributed by atoms with Crippen LogP contribution in [0.15, 0.2) is 36.8 Å². The van der Waals surface area contributed by atoms with Crippen molar-refractivity contribution < 1.29 is 4.79 Å². The summed E-state index contributed by atoms with van der Waals surface area (Å²) < 4.78 is 0. The molecule has 86 valence electrons. The van der Waals surface area contributed by atoms with Crippen LogP contribution in [-0.2, 0) is 0 Å². The van der Waals surface area contributed by atoms with Crippen LogP contribution in [-0.4, -0.2) is 15.9 Å². The Hall–Kier alpha value is -1.94. The van der Waals surface area contributed by atoms with E-state index < -0.39 is 0 Å². The molecule has 2 aromatic heterocycles. The molecule has 5 heteroatoms. The largest absolute Gasteiger partial charge is 0.321 e. The van der Waals surface area contributed by atoms with Crippen LogP contribution in [0.25, 0.3) is 0 Å². The number of pyridine rings is 2. The topological polar surface area (TPSA) is 54.9 Å². The average Bonchev–Trinajstić information content (AvgIpc) is 2.35. The number of aryl methyl sites for hydroxylation is 1. The summed E-state index contributed by atoms with van der Waals surface area (Å²) in [6.45, 7) is 1.83. The van der Waals surface area contributed by atoms with Crippen molar-refractivity contribution in [3.05, 3.63) is 53.1 Å². The van der Waals surface area contributed by atoms with Gasteiger partial charge in [-0.05, 0) is 30.7 Å². The second-order valence-corrected chi connectivity index (χ2v) is 3.88. The number of hydrogen-bond acceptors (Lipinski definition) is 3. The Labute approximate surface area is 104 Å². The minimum atomic E-state index is -0.198. The first kappa shape index (κ1) is 11.5. The SMILES string of the molecule is Cc1cc(NC(=O)c2ccncc2)cnc1Cl. The number of nitrogens with one attached hydrogen (secondary N) is 1. The van der Waals surface area contributed by atoms with Crippen LogP contribution < -0.4 is 5.32 Å². The molecule has 0 saturated heterocycles. The smallest absolute Gasteiger partial charge is 0.255 e. The third-order valence-electron chi connectivity index (χ3n) is 2.21. The Morgan fingerprint density at radius 2 is 2.06 bits per heavy atom. The summed E-state index contributed by atoms with van der Waals surface area (Å²) in [6.07, 6.45) is 4.66. The highest BCUT2D eigenvalue weighted by Gasteiger charge is 2.06. The maximum absolute atomic E-state index is 11.8. The van der Waals surface area contributed by atoms with Gasteiger partial charge >= 0.3 is 0 Å². The van der Waals surface area contributed by atoms with Gasteiger partial charge in [0.05, 0.1) is 11.9 Å². The van der Waals surface area contributed by atoms with Gasteiger partial charge in [-0.2, -0.15) is 0 Å². The van der Waals surface area contributed by atoms with Gasteiger partial charge in [0.1, 0.15) is 5.15 Å². The van der Waals surface area contributed by atoms with Crippen molar-refractivity contribution in [1.29, 1.82) is 0 Å². The van der Waals surface area contributed by atoms with Crippen LogP contribution in [0, 0.1) is 6.92 Å². The molecule has 0 radical (unpaired) electrons. The lowest BCUT2D eigenvalue weighted by molar-refractivity contribution is 0.102. The van der Waals surface area contributed by atoms with Gasteiger partial charge in [0, 0.05) is 18.0 Å². The fourth-order valence-electron chi connectivity index (χ4n) is 1.33. The van der Waals surface area contributed by atoms with Crippen LogP contribution >= 0.6 is 11.6 Å². The molecule has 1 N–H and O–H groups in total. The second kappa shape index (κ2) is 4.93. The molecule has 0 bridgehead atoms. The third-order valence-corrected chi connectivity index (χ3v) is 2.61. The molecule has 2 aromatic rings. The zero-order chi connectivity index (χ0) is 12.3. The molecule has 0 aliphatic rings. The lowest BCUT2D eigenvalue weighted by Gasteiger charge is -2.06. The van der Waals surface area contributed by atoms with Gasteiger partial charge in [-0.1, -0.05) is 11.6 Å². The lowest BCUT2D eigenvalue weighted by Crippen LogP contribution is -2.12. The monoisotopic (exact) mass is 247 g/mol. The molecule has 0 aromatic carbocycles. The molecule has 0 aliphatic carbocycles. The Morgan fingerprint density at radius 1 is 1.35 bits per heavy atom. The number of rotatable bonds is 2. The number of carbonyl (C=O) groups is 1. The fourth-order valence-corrected chi connectivity index (χ4v) is 1.44. The van der Waals surface area contributed by atoms with Gasteiger partial charge in [-0.15, -0.1) is 0 Å². The predicted octanol–water partition coefficient (Wildman–Crippen LogP) is 2.69. The molecule has 1 amide bonds. The van der Waals surface area contributed by atoms with Gasteiger partial charge in [0.2, 0.25) is 0 Å². The second-order valence-electron chi connectivity index (χ2n) is 3.52. The van der Waals surface area contributed by atoms with E-state index in [9.17, 15) is 4.79 Å². The van der Waals surface area contributed by atoms with Gasteiger partial charge in [0.25, 0.3) is 5.91 Å². The zero-order valence-electron chi connectivity index (χ0n) is 9.14. The first-order valence-corrected chi connectivity index (χ1v) is 5.38. The number of hydrogen-bond donors (Lipinski definition) is 1. The Kier molecular flexibility index (Phi) is 3.35. The van der Waals surface area contributed by atoms with E-state index in [-0.39, 0.29) is 5.91 Å². The van der Waals surface area contributed by atoms with E-state index in [4.69, 9.17) is 11.6 Å². The highest BCUT2D eigenvalue weighted by Crippen LogP contribution is 2.16. The molecule has 0 aliphatic heterocycles. The molecule has 0 saturated carbocycles. The van der Waals surface area contributed by atoms with Crippen LogP contribution in [0.2, 0.25) is 5.15 Å². The minimum absolute atomic E-state index is 0.198. The van der Waals surface area contributed by atoms with Crippen LogP contribution in [0.4, 0.5) is 5.69 Å². The Balaban J connectivity index is 2.16. The maximum atomic E-state index is 11.8. The summed E-state index contributed by atoms with van der Waals surface area (Å²) in [5, 5.41) is 3.18. The molecular weight excluding hydrogens is 238 g/mol. The predicted molar refractivity (Wildman–Crippen MR) is 66.2 cm³/mol. The van der Waals surface area contributed by atoms with Crippen LogP contribution in [0.1, 0.15) is 15.9 Å². The molecule has 0 atom stereocenters. The number of amides is 1. The molecular formula is C12H10ClN3O. The number of aromatic nitrogens is 2. The summed E-state index contributed by atoms with van der Waals surface area (Å²) in [5.41, 5.74) is 1.99. The van der Waals surface area contributed by atoms with E-state index >= 15 is 0 Å². The number of nitrogens with zero attached hydrogens (tertiary/aromatic N) is 2. The van der Waals surface area contributed by atoms with E-state index in [2.05, 4.69) is 15.3 Å². The van der Waals surface area contributed by atoms with E-state index in [1.807, 2.05) is 6.92 Å². The van der Waals surface area contributed by atoms with Crippen molar-refractivity contribution in [2.24, 2.45) is 0 Å². The van der Waals surface area contributed by atoms with Crippen LogP contribution in [0.5, 0.6) is 0 Å². The standard InChI is InChI=1S/C12H10ClN3O/c1-8-6-10(7-15-11(8)13)16-12(17)9-2-4-14-5-3-9/h2-7H,1H3,(H,16,17). The minimum Gasteiger partial charge on any atom is -0.321 e. The van der Waals surface area contributed by atoms with E-state index in [1.165, 1.54) is 6.20 Å². The average molecular weight is 248 g/mol. The molecule has 0 spiro atoms. The van der Waals surface area contributed by atoms with Crippen molar-refractivity contribution in [1.82, 2.24) is 9.97 Å². The van der Waals surface area contributed by atoms with Crippen molar-refractivity contribution in [3.8, 4) is 0 Å². The Morgan fingerprint density at radius 3 is 2.71 bits per heavy atom. The molecule has 0 unspecified atom stereocenters. The summed E-state index contributed by atoms with van der Waals surface area (Å²) in [4.78, 5) is 19.6. The highest BCUT2D eigenvalue weighted by atomic mass is 35.5. The van der Waals surface area contributed by atoms with Gasteiger partial charge < -0.3 is 5.32 Å². The van der Waals surface area contributed by atoms with E-state index in [0.717, 1.165) is 5.56 Å². The van der Waals surface area contributed by atoms with E-state index in [1.54, 1.807) is 30.6 Å². The number of carbonyl (C=O) groups excluding carboxylic acids is 1. The highest BCUT2D eigenvalue weighted by molar-refractivity contribution is 6.30. The summed E-state index contributed by atoms with van der Waals surface area (Å²) in [6, 6.07) is 5.06. The number of halogens is 1. The first-order valence-electron chi connectivity index (χ1n) is 5.00. The molecule has 17 heavy (non-hydrogen) atoms. The van der Waals surface area contributed by atoms with Crippen molar-refractivity contribution in [3.63, 3.8) is 0 Å². The van der Waals surface area contributed by atoms with Gasteiger partial charge in [-0.3, -0.25) is 9.78 Å². The molecule has 2 rings (SSSR count). The first-order chi connectivity index (χ1) is 8.16. The van der Waals surface area contributed by atoms with Crippen molar-refractivity contribution >= 4 is 23.2 Å². The van der Waals surface area contributed by atoms with Crippen LogP contribution in [0.3, 0.4) is 0 Å². The van der Waals surface area contributed by atoms with Gasteiger partial charge in [0.15, 0.2) is 0 Å². The molecule has 4 nitrogen and oxygen atoms in total. The van der Waals surface area contributed by atoms with E-state index in [0.29, 0.717) is 16.4 Å². The summed E-state index contributed by atoms with van der Waals surface area (Å²) in [5.74, 6) is -0.198. The quantitative estimate of drug-likeness (QED) is 0.830. The summed E-state index contributed by atoms with van der Waals surface area (Å²) >= 11 is 5.80. The zero-order valence-corrected chi connectivity index (χ0v) is 9.90. The third kappa shape index (κ3) is 2.79.